The van der Waals surface area contributed by atoms with Gasteiger partial charge in [-0.3, -0.25) is 4.90 Å². The molecule has 3 rings (SSSR count). The summed E-state index contributed by atoms with van der Waals surface area (Å²) in [5.74, 6) is -1.19. The van der Waals surface area contributed by atoms with Crippen LogP contribution in [0.2, 0.25) is 5.02 Å². The van der Waals surface area contributed by atoms with Crippen LogP contribution in [0.5, 0.6) is 0 Å². The summed E-state index contributed by atoms with van der Waals surface area (Å²) in [6.45, 7) is 3.27. The number of benzene rings is 1. The topological polar surface area (TPSA) is 95.9 Å². The molecule has 2 N–H and O–H groups in total. The number of morpholine rings is 1. The van der Waals surface area contributed by atoms with Crippen molar-refractivity contribution in [1.82, 2.24) is 9.62 Å². The molecule has 2 fully saturated rings. The van der Waals surface area contributed by atoms with Crippen LogP contribution in [-0.2, 0) is 14.8 Å². The maximum atomic E-state index is 12.5. The second-order valence-electron chi connectivity index (χ2n) is 6.10. The SMILES string of the molecule is O=C(O)c1ccc(S(=O)(=O)NCC2(N3CCOCC3)CC2)cc1Cl. The average Bonchev–Trinajstić information content (AvgIpc) is 3.35. The van der Waals surface area contributed by atoms with E-state index in [1.165, 1.54) is 18.2 Å². The molecular formula is C15H19ClN2O5S. The van der Waals surface area contributed by atoms with E-state index in [0.29, 0.717) is 19.8 Å². The van der Waals surface area contributed by atoms with E-state index < -0.39 is 16.0 Å². The number of ether oxygens (including phenoxy) is 1. The van der Waals surface area contributed by atoms with Crippen LogP contribution in [0.3, 0.4) is 0 Å². The van der Waals surface area contributed by atoms with Crippen molar-refractivity contribution in [3.05, 3.63) is 28.8 Å². The van der Waals surface area contributed by atoms with Gasteiger partial charge in [-0.15, -0.1) is 0 Å². The Morgan fingerprint density at radius 2 is 2.00 bits per heavy atom. The molecule has 0 bridgehead atoms. The molecule has 1 heterocycles. The van der Waals surface area contributed by atoms with Crippen LogP contribution < -0.4 is 4.72 Å². The van der Waals surface area contributed by atoms with Crippen molar-refractivity contribution >= 4 is 27.6 Å². The first-order valence-corrected chi connectivity index (χ1v) is 9.56. The standard InChI is InChI=1S/C15H19ClN2O5S/c16-13-9-11(1-2-12(13)14(19)20)24(21,22)17-10-15(3-4-15)18-5-7-23-8-6-18/h1-2,9,17H,3-8,10H2,(H,19,20). The van der Waals surface area contributed by atoms with Crippen molar-refractivity contribution in [2.75, 3.05) is 32.8 Å². The molecule has 132 valence electrons. The zero-order valence-electron chi connectivity index (χ0n) is 13.0. The lowest BCUT2D eigenvalue weighted by Gasteiger charge is -2.34. The third kappa shape index (κ3) is 3.57. The van der Waals surface area contributed by atoms with Crippen LogP contribution in [0.25, 0.3) is 0 Å². The predicted molar refractivity (Wildman–Crippen MR) is 88.0 cm³/mol. The Hall–Kier alpha value is -1.19. The Labute approximate surface area is 145 Å². The van der Waals surface area contributed by atoms with Crippen LogP contribution in [0.15, 0.2) is 23.1 Å². The van der Waals surface area contributed by atoms with E-state index in [1.54, 1.807) is 0 Å². The van der Waals surface area contributed by atoms with Crippen molar-refractivity contribution in [3.8, 4) is 0 Å². The van der Waals surface area contributed by atoms with Crippen molar-refractivity contribution in [2.45, 2.75) is 23.3 Å². The number of nitrogens with zero attached hydrogens (tertiary/aromatic N) is 1. The summed E-state index contributed by atoms with van der Waals surface area (Å²) in [5, 5.41) is 8.86. The number of rotatable bonds is 6. The molecule has 7 nitrogen and oxygen atoms in total. The second-order valence-corrected chi connectivity index (χ2v) is 8.27. The number of carboxylic acids is 1. The Morgan fingerprint density at radius 1 is 1.33 bits per heavy atom. The first-order chi connectivity index (χ1) is 11.3. The zero-order valence-corrected chi connectivity index (χ0v) is 14.6. The number of sulfonamides is 1. The quantitative estimate of drug-likeness (QED) is 0.776. The highest BCUT2D eigenvalue weighted by Gasteiger charge is 2.48. The fourth-order valence-electron chi connectivity index (χ4n) is 2.94. The third-order valence-corrected chi connectivity index (χ3v) is 6.29. The van der Waals surface area contributed by atoms with E-state index in [0.717, 1.165) is 25.9 Å². The van der Waals surface area contributed by atoms with E-state index in [-0.39, 0.29) is 21.0 Å². The minimum atomic E-state index is -3.74. The van der Waals surface area contributed by atoms with Gasteiger partial charge in [0.2, 0.25) is 10.0 Å². The second kappa shape index (κ2) is 6.61. The smallest absolute Gasteiger partial charge is 0.337 e. The van der Waals surface area contributed by atoms with Crippen molar-refractivity contribution < 1.29 is 23.1 Å². The van der Waals surface area contributed by atoms with Crippen LogP contribution in [0, 0.1) is 0 Å². The number of hydrogen-bond donors (Lipinski definition) is 2. The normalized spacial score (nSPS) is 20.7. The van der Waals surface area contributed by atoms with E-state index in [1.807, 2.05) is 0 Å². The van der Waals surface area contributed by atoms with Gasteiger partial charge < -0.3 is 9.84 Å². The molecule has 1 aliphatic heterocycles. The molecule has 9 heteroatoms. The van der Waals surface area contributed by atoms with Gasteiger partial charge in [0, 0.05) is 25.2 Å². The summed E-state index contributed by atoms with van der Waals surface area (Å²) in [6, 6.07) is 3.63. The molecule has 1 saturated carbocycles. The predicted octanol–water partition coefficient (Wildman–Crippen LogP) is 1.18. The molecule has 0 aromatic heterocycles. The lowest BCUT2D eigenvalue weighted by molar-refractivity contribution is 0.0108. The molecule has 1 aliphatic carbocycles. The van der Waals surface area contributed by atoms with E-state index in [4.69, 9.17) is 21.4 Å². The fraction of sp³-hybridized carbons (Fsp3) is 0.533. The van der Waals surface area contributed by atoms with Gasteiger partial charge in [-0.05, 0) is 31.0 Å². The molecule has 0 atom stereocenters. The summed E-state index contributed by atoms with van der Waals surface area (Å²) >= 11 is 5.86. The van der Waals surface area contributed by atoms with E-state index in [9.17, 15) is 13.2 Å². The van der Waals surface area contributed by atoms with Crippen molar-refractivity contribution in [1.29, 1.82) is 0 Å². The van der Waals surface area contributed by atoms with Gasteiger partial charge in [0.05, 0.1) is 28.7 Å². The number of halogens is 1. The highest BCUT2D eigenvalue weighted by atomic mass is 35.5. The summed E-state index contributed by atoms with van der Waals surface area (Å²) in [5.41, 5.74) is -0.246. The molecule has 24 heavy (non-hydrogen) atoms. The Bertz CT molecular complexity index is 742. The molecular weight excluding hydrogens is 356 g/mol. The summed E-state index contributed by atoms with van der Waals surface area (Å²) in [6.07, 6.45) is 1.91. The minimum absolute atomic E-state index is 0.0322. The van der Waals surface area contributed by atoms with Crippen molar-refractivity contribution in [2.24, 2.45) is 0 Å². The molecule has 0 radical (unpaired) electrons. The van der Waals surface area contributed by atoms with Gasteiger partial charge in [-0.25, -0.2) is 17.9 Å². The van der Waals surface area contributed by atoms with Crippen molar-refractivity contribution in [3.63, 3.8) is 0 Å². The largest absolute Gasteiger partial charge is 0.478 e. The van der Waals surface area contributed by atoms with Crippen LogP contribution in [-0.4, -0.2) is 62.8 Å². The number of carbonyl (C=O) groups is 1. The Kier molecular flexibility index (Phi) is 4.85. The molecule has 0 amide bonds. The summed E-state index contributed by atoms with van der Waals surface area (Å²) in [7, 11) is -3.74. The summed E-state index contributed by atoms with van der Waals surface area (Å²) < 4.78 is 32.9. The number of aromatic carboxylic acids is 1. The lowest BCUT2D eigenvalue weighted by atomic mass is 10.2. The first-order valence-electron chi connectivity index (χ1n) is 7.69. The average molecular weight is 375 g/mol. The van der Waals surface area contributed by atoms with Gasteiger partial charge in [0.1, 0.15) is 0 Å². The minimum Gasteiger partial charge on any atom is -0.478 e. The highest BCUT2D eigenvalue weighted by molar-refractivity contribution is 7.89. The molecule has 1 aromatic carbocycles. The molecule has 1 saturated heterocycles. The van der Waals surface area contributed by atoms with Gasteiger partial charge in [0.15, 0.2) is 0 Å². The molecule has 1 aromatic rings. The van der Waals surface area contributed by atoms with Crippen LogP contribution in [0.4, 0.5) is 0 Å². The van der Waals surface area contributed by atoms with Gasteiger partial charge in [-0.2, -0.15) is 0 Å². The molecule has 2 aliphatic rings. The van der Waals surface area contributed by atoms with Crippen LogP contribution >= 0.6 is 11.6 Å². The molecule has 0 spiro atoms. The highest BCUT2D eigenvalue weighted by Crippen LogP contribution is 2.41. The number of hydrogen-bond acceptors (Lipinski definition) is 5. The maximum absolute atomic E-state index is 12.5. The Morgan fingerprint density at radius 3 is 2.54 bits per heavy atom. The van der Waals surface area contributed by atoms with Gasteiger partial charge >= 0.3 is 5.97 Å². The number of carboxylic acid groups (broad SMARTS) is 1. The fourth-order valence-corrected chi connectivity index (χ4v) is 4.41. The van der Waals surface area contributed by atoms with E-state index >= 15 is 0 Å². The van der Waals surface area contributed by atoms with Gasteiger partial charge in [0.25, 0.3) is 0 Å². The maximum Gasteiger partial charge on any atom is 0.337 e. The van der Waals surface area contributed by atoms with Crippen LogP contribution in [0.1, 0.15) is 23.2 Å². The first kappa shape index (κ1) is 17.6. The monoisotopic (exact) mass is 374 g/mol. The van der Waals surface area contributed by atoms with Gasteiger partial charge in [-0.1, -0.05) is 11.6 Å². The third-order valence-electron chi connectivity index (χ3n) is 4.58. The van der Waals surface area contributed by atoms with E-state index in [2.05, 4.69) is 9.62 Å². The molecule has 0 unspecified atom stereocenters. The lowest BCUT2D eigenvalue weighted by Crippen LogP contribution is -2.50. The Balaban J connectivity index is 1.70. The number of nitrogens with one attached hydrogen (secondary N) is 1. The summed E-state index contributed by atoms with van der Waals surface area (Å²) in [4.78, 5) is 13.2. The zero-order chi connectivity index (χ0) is 17.4.